The number of fused-ring (bicyclic) bond motifs is 1. The molecule has 1 amide bonds. The van der Waals surface area contributed by atoms with Crippen LogP contribution in [0.1, 0.15) is 16.1 Å². The lowest BCUT2D eigenvalue weighted by atomic mass is 10.1. The van der Waals surface area contributed by atoms with Gasteiger partial charge in [0.2, 0.25) is 0 Å². The fourth-order valence-electron chi connectivity index (χ4n) is 2.79. The highest BCUT2D eigenvalue weighted by Gasteiger charge is 2.31. The molecule has 4 N–H and O–H groups in total. The van der Waals surface area contributed by atoms with Gasteiger partial charge in [-0.05, 0) is 48.5 Å². The molecule has 0 fully saturated rings. The third kappa shape index (κ3) is 4.02. The number of amides is 1. The van der Waals surface area contributed by atoms with Gasteiger partial charge in [0.15, 0.2) is 5.69 Å². The summed E-state index contributed by atoms with van der Waals surface area (Å²) in [6.07, 6.45) is -3.01. The van der Waals surface area contributed by atoms with Gasteiger partial charge in [-0.15, -0.1) is 0 Å². The number of aromatic nitrogens is 3. The van der Waals surface area contributed by atoms with Gasteiger partial charge in [-0.3, -0.25) is 9.89 Å². The first-order valence-corrected chi connectivity index (χ1v) is 8.66. The number of rotatable bonds is 4. The molecule has 0 radical (unpaired) electrons. The molecule has 10 heteroatoms. The number of pyridine rings is 1. The maximum absolute atomic E-state index is 13.0. The number of nitrogens with zero attached hydrogens (tertiary/aromatic N) is 2. The van der Waals surface area contributed by atoms with Gasteiger partial charge in [0, 0.05) is 23.3 Å². The molecular weight excluding hydrogens is 399 g/mol. The van der Waals surface area contributed by atoms with Crippen LogP contribution in [0.3, 0.4) is 0 Å². The van der Waals surface area contributed by atoms with Crippen molar-refractivity contribution in [3.8, 4) is 11.5 Å². The van der Waals surface area contributed by atoms with Gasteiger partial charge in [0.1, 0.15) is 17.3 Å². The van der Waals surface area contributed by atoms with E-state index in [1.807, 2.05) is 0 Å². The van der Waals surface area contributed by atoms with Crippen LogP contribution < -0.4 is 15.8 Å². The summed E-state index contributed by atoms with van der Waals surface area (Å²) in [6.45, 7) is 0. The Morgan fingerprint density at radius 2 is 1.80 bits per heavy atom. The Morgan fingerprint density at radius 1 is 1.03 bits per heavy atom. The summed E-state index contributed by atoms with van der Waals surface area (Å²) in [5.41, 5.74) is 5.36. The number of nitrogens with two attached hydrogens (primary N) is 1. The van der Waals surface area contributed by atoms with E-state index in [-0.39, 0.29) is 11.1 Å². The maximum Gasteiger partial charge on any atom is 0.416 e. The number of benzene rings is 2. The van der Waals surface area contributed by atoms with E-state index in [0.717, 1.165) is 12.1 Å². The highest BCUT2D eigenvalue weighted by Crippen LogP contribution is 2.32. The number of anilines is 2. The predicted octanol–water partition coefficient (Wildman–Crippen LogP) is 4.60. The molecule has 4 aromatic rings. The molecule has 152 valence electrons. The van der Waals surface area contributed by atoms with Crippen molar-refractivity contribution in [2.75, 3.05) is 11.1 Å². The highest BCUT2D eigenvalue weighted by atomic mass is 19.4. The van der Waals surface area contributed by atoms with Crippen molar-refractivity contribution < 1.29 is 22.7 Å². The van der Waals surface area contributed by atoms with Crippen LogP contribution in [0, 0.1) is 0 Å². The fraction of sp³-hybridized carbons (Fsp3) is 0.0500. The van der Waals surface area contributed by atoms with Crippen LogP contribution in [0.5, 0.6) is 11.5 Å². The van der Waals surface area contributed by atoms with Gasteiger partial charge in [-0.1, -0.05) is 0 Å². The summed E-state index contributed by atoms with van der Waals surface area (Å²) in [5, 5.41) is 9.10. The number of alkyl halides is 3. The summed E-state index contributed by atoms with van der Waals surface area (Å²) in [4.78, 5) is 16.4. The average Bonchev–Trinajstić information content (AvgIpc) is 3.12. The zero-order valence-corrected chi connectivity index (χ0v) is 15.2. The van der Waals surface area contributed by atoms with E-state index in [9.17, 15) is 18.0 Å². The number of carbonyl (C=O) groups is 1. The molecule has 7 nitrogen and oxygen atoms in total. The third-order valence-corrected chi connectivity index (χ3v) is 4.21. The minimum Gasteiger partial charge on any atom is -0.457 e. The van der Waals surface area contributed by atoms with Crippen molar-refractivity contribution in [3.63, 3.8) is 0 Å². The van der Waals surface area contributed by atoms with E-state index >= 15 is 0 Å². The van der Waals surface area contributed by atoms with Crippen molar-refractivity contribution >= 4 is 28.3 Å². The quantitative estimate of drug-likeness (QED) is 0.453. The van der Waals surface area contributed by atoms with Gasteiger partial charge >= 0.3 is 6.18 Å². The van der Waals surface area contributed by atoms with E-state index in [2.05, 4.69) is 20.5 Å². The van der Waals surface area contributed by atoms with Crippen LogP contribution in [0.4, 0.5) is 24.7 Å². The number of aromatic amines is 1. The van der Waals surface area contributed by atoms with E-state index in [4.69, 9.17) is 10.5 Å². The normalized spacial score (nSPS) is 11.4. The Hall–Kier alpha value is -4.08. The number of halogens is 3. The first kappa shape index (κ1) is 19.2. The van der Waals surface area contributed by atoms with Crippen LogP contribution in [-0.4, -0.2) is 21.1 Å². The molecule has 0 spiro atoms. The monoisotopic (exact) mass is 413 g/mol. The topological polar surface area (TPSA) is 106 Å². The van der Waals surface area contributed by atoms with E-state index in [0.29, 0.717) is 28.5 Å². The molecule has 2 aromatic heterocycles. The number of ether oxygens (including phenoxy) is 1. The molecule has 2 aromatic carbocycles. The van der Waals surface area contributed by atoms with Crippen molar-refractivity contribution in [2.24, 2.45) is 0 Å². The van der Waals surface area contributed by atoms with Gasteiger partial charge in [0.05, 0.1) is 11.1 Å². The lowest BCUT2D eigenvalue weighted by Gasteiger charge is -2.08. The molecular formula is C20H14F3N5O2. The SMILES string of the molecule is Nc1cc(Oc2ccc(NC(=O)c3n[nH]c4ccc(C(F)(F)F)cc34)cc2)ccn1. The van der Waals surface area contributed by atoms with Crippen LogP contribution in [0.25, 0.3) is 10.9 Å². The Morgan fingerprint density at radius 3 is 2.50 bits per heavy atom. The number of carbonyl (C=O) groups excluding carboxylic acids is 1. The minimum absolute atomic E-state index is 0.0811. The molecule has 0 unspecified atom stereocenters. The van der Waals surface area contributed by atoms with Gasteiger partial charge in [-0.2, -0.15) is 18.3 Å². The Kier molecular flexibility index (Phi) is 4.74. The summed E-state index contributed by atoms with van der Waals surface area (Å²) in [5.74, 6) is 0.675. The molecule has 0 aliphatic rings. The molecule has 4 rings (SSSR count). The van der Waals surface area contributed by atoms with Gasteiger partial charge in [0.25, 0.3) is 5.91 Å². The number of H-pyrrole nitrogens is 1. The zero-order valence-electron chi connectivity index (χ0n) is 15.2. The first-order valence-electron chi connectivity index (χ1n) is 8.66. The number of hydrogen-bond acceptors (Lipinski definition) is 5. The lowest BCUT2D eigenvalue weighted by molar-refractivity contribution is -0.137. The molecule has 0 bridgehead atoms. The third-order valence-electron chi connectivity index (χ3n) is 4.21. The summed E-state index contributed by atoms with van der Waals surface area (Å²) >= 11 is 0. The second-order valence-electron chi connectivity index (χ2n) is 6.33. The van der Waals surface area contributed by atoms with E-state index in [1.165, 1.54) is 12.3 Å². The van der Waals surface area contributed by atoms with Crippen molar-refractivity contribution in [2.45, 2.75) is 6.18 Å². The molecule has 30 heavy (non-hydrogen) atoms. The van der Waals surface area contributed by atoms with Crippen LogP contribution in [0.2, 0.25) is 0 Å². The second-order valence-corrected chi connectivity index (χ2v) is 6.33. The summed E-state index contributed by atoms with van der Waals surface area (Å²) in [7, 11) is 0. The van der Waals surface area contributed by atoms with E-state index < -0.39 is 17.6 Å². The van der Waals surface area contributed by atoms with Crippen LogP contribution in [-0.2, 0) is 6.18 Å². The Bertz CT molecular complexity index is 1220. The number of nitrogen functional groups attached to an aromatic ring is 1. The largest absolute Gasteiger partial charge is 0.457 e. The molecule has 2 heterocycles. The van der Waals surface area contributed by atoms with E-state index in [1.54, 1.807) is 36.4 Å². The number of hydrogen-bond donors (Lipinski definition) is 3. The van der Waals surface area contributed by atoms with Gasteiger partial charge in [-0.25, -0.2) is 4.98 Å². The predicted molar refractivity (Wildman–Crippen MR) is 104 cm³/mol. The maximum atomic E-state index is 13.0. The second kappa shape index (κ2) is 7.39. The Balaban J connectivity index is 1.51. The van der Waals surface area contributed by atoms with Crippen molar-refractivity contribution in [3.05, 3.63) is 72.1 Å². The summed E-state index contributed by atoms with van der Waals surface area (Å²) in [6, 6.07) is 12.7. The lowest BCUT2D eigenvalue weighted by Crippen LogP contribution is -2.13. The fourth-order valence-corrected chi connectivity index (χ4v) is 2.79. The smallest absolute Gasteiger partial charge is 0.416 e. The molecule has 0 saturated carbocycles. The van der Waals surface area contributed by atoms with Crippen molar-refractivity contribution in [1.29, 1.82) is 0 Å². The average molecular weight is 413 g/mol. The standard InChI is InChI=1S/C20H14F3N5O2/c21-20(22,23)11-1-6-16-15(9-11)18(28-27-16)19(29)26-12-2-4-13(5-3-12)30-14-7-8-25-17(24)10-14/h1-10H,(H2,24,25)(H,26,29)(H,27,28). The van der Waals surface area contributed by atoms with Crippen molar-refractivity contribution in [1.82, 2.24) is 15.2 Å². The molecule has 0 aliphatic carbocycles. The van der Waals surface area contributed by atoms with Crippen LogP contribution in [0.15, 0.2) is 60.8 Å². The highest BCUT2D eigenvalue weighted by molar-refractivity contribution is 6.11. The molecule has 0 aliphatic heterocycles. The summed E-state index contributed by atoms with van der Waals surface area (Å²) < 4.78 is 44.5. The Labute approximate surface area is 167 Å². The minimum atomic E-state index is -4.52. The van der Waals surface area contributed by atoms with Crippen LogP contribution >= 0.6 is 0 Å². The molecule has 0 saturated heterocycles. The number of nitrogens with one attached hydrogen (secondary N) is 2. The van der Waals surface area contributed by atoms with Gasteiger partial charge < -0.3 is 15.8 Å². The zero-order chi connectivity index (χ0) is 21.3. The first-order chi connectivity index (χ1) is 14.3. The molecule has 0 atom stereocenters.